The number of nitrogens with one attached hydrogen (secondary N) is 1. The summed E-state index contributed by atoms with van der Waals surface area (Å²) in [4.78, 5) is 39.9. The van der Waals surface area contributed by atoms with E-state index in [4.69, 9.17) is 10.5 Å². The Morgan fingerprint density at radius 1 is 1.12 bits per heavy atom. The molecule has 170 valence electrons. The molecule has 0 aromatic heterocycles. The molecule has 7 heteroatoms. The molecule has 0 saturated heterocycles. The molecule has 3 N–H and O–H groups in total. The molecule has 7 nitrogen and oxygen atoms in total. The smallest absolute Gasteiger partial charge is 0.326 e. The number of benzene rings is 2. The van der Waals surface area contributed by atoms with Gasteiger partial charge in [0.25, 0.3) is 0 Å². The van der Waals surface area contributed by atoms with Crippen LogP contribution in [0.15, 0.2) is 54.6 Å². The number of aryl methyl sites for hydroxylation is 1. The summed E-state index contributed by atoms with van der Waals surface area (Å²) in [6.45, 7) is 3.88. The number of hydrogen-bond acceptors (Lipinski definition) is 5. The summed E-state index contributed by atoms with van der Waals surface area (Å²) in [7, 11) is 0. The average Bonchev–Trinajstić information content (AvgIpc) is 2.90. The van der Waals surface area contributed by atoms with E-state index in [9.17, 15) is 14.4 Å². The van der Waals surface area contributed by atoms with Crippen molar-refractivity contribution in [3.63, 3.8) is 0 Å². The van der Waals surface area contributed by atoms with E-state index in [-0.39, 0.29) is 30.9 Å². The van der Waals surface area contributed by atoms with Crippen LogP contribution in [0.2, 0.25) is 0 Å². The standard InChI is InChI=1S/C25H31N3O4/c1-17(2)14-20(26)24(30)27-21-13-12-19-10-6-7-11-22(19)28(25(21)31)15-23(29)32-16-18-8-4-3-5-9-18/h3-11,17,20-21H,12-16,26H2,1-2H3,(H,27,30)/t20-,21-/m0/s1. The molecule has 2 aromatic carbocycles. The minimum Gasteiger partial charge on any atom is -0.459 e. The Balaban J connectivity index is 1.73. The lowest BCUT2D eigenvalue weighted by molar-refractivity contribution is -0.144. The number of esters is 1. The molecule has 1 heterocycles. The Kier molecular flexibility index (Phi) is 8.00. The number of fused-ring (bicyclic) bond motifs is 1. The van der Waals surface area contributed by atoms with Gasteiger partial charge in [0, 0.05) is 5.69 Å². The molecule has 1 aliphatic rings. The maximum absolute atomic E-state index is 13.4. The molecule has 0 unspecified atom stereocenters. The van der Waals surface area contributed by atoms with Crippen molar-refractivity contribution in [3.05, 3.63) is 65.7 Å². The van der Waals surface area contributed by atoms with E-state index in [0.717, 1.165) is 11.1 Å². The topological polar surface area (TPSA) is 102 Å². The van der Waals surface area contributed by atoms with E-state index in [0.29, 0.717) is 24.9 Å². The van der Waals surface area contributed by atoms with Crippen molar-refractivity contribution < 1.29 is 19.1 Å². The number of nitrogens with zero attached hydrogens (tertiary/aromatic N) is 1. The van der Waals surface area contributed by atoms with E-state index in [1.165, 1.54) is 4.90 Å². The third-order valence-corrected chi connectivity index (χ3v) is 5.46. The maximum Gasteiger partial charge on any atom is 0.326 e. The first kappa shape index (κ1) is 23.5. The molecule has 2 aromatic rings. The fraction of sp³-hybridized carbons (Fsp3) is 0.400. The Labute approximate surface area is 188 Å². The summed E-state index contributed by atoms with van der Waals surface area (Å²) in [5.74, 6) is -0.937. The Hall–Kier alpha value is -3.19. The van der Waals surface area contributed by atoms with Crippen molar-refractivity contribution in [3.8, 4) is 0 Å². The summed E-state index contributed by atoms with van der Waals surface area (Å²) < 4.78 is 5.39. The number of rotatable bonds is 8. The van der Waals surface area contributed by atoms with Crippen molar-refractivity contribution in [2.24, 2.45) is 11.7 Å². The first-order valence-corrected chi connectivity index (χ1v) is 11.0. The molecule has 0 bridgehead atoms. The Morgan fingerprint density at radius 2 is 1.81 bits per heavy atom. The van der Waals surface area contributed by atoms with Gasteiger partial charge in [0.05, 0.1) is 6.04 Å². The van der Waals surface area contributed by atoms with Crippen molar-refractivity contribution in [2.75, 3.05) is 11.4 Å². The minimum absolute atomic E-state index is 0.133. The third kappa shape index (κ3) is 6.17. The van der Waals surface area contributed by atoms with E-state index in [2.05, 4.69) is 5.32 Å². The van der Waals surface area contributed by atoms with Gasteiger partial charge in [-0.05, 0) is 42.4 Å². The molecule has 0 saturated carbocycles. The van der Waals surface area contributed by atoms with E-state index >= 15 is 0 Å². The Bertz CT molecular complexity index is 945. The Morgan fingerprint density at radius 3 is 2.53 bits per heavy atom. The zero-order valence-corrected chi connectivity index (χ0v) is 18.6. The van der Waals surface area contributed by atoms with Crippen LogP contribution in [0.5, 0.6) is 0 Å². The SMILES string of the molecule is CC(C)C[C@H](N)C(=O)N[C@H]1CCc2ccccc2N(CC(=O)OCc2ccccc2)C1=O. The highest BCUT2D eigenvalue weighted by molar-refractivity contribution is 6.03. The number of amides is 2. The van der Waals surface area contributed by atoms with Crippen molar-refractivity contribution in [2.45, 2.75) is 51.8 Å². The second-order valence-electron chi connectivity index (χ2n) is 8.54. The van der Waals surface area contributed by atoms with Gasteiger partial charge in [-0.3, -0.25) is 19.3 Å². The number of para-hydroxylation sites is 1. The summed E-state index contributed by atoms with van der Waals surface area (Å²) in [6, 6.07) is 15.4. The highest BCUT2D eigenvalue weighted by Gasteiger charge is 2.33. The summed E-state index contributed by atoms with van der Waals surface area (Å²) in [5.41, 5.74) is 8.48. The van der Waals surface area contributed by atoms with Gasteiger partial charge in [-0.1, -0.05) is 62.4 Å². The van der Waals surface area contributed by atoms with Gasteiger partial charge in [-0.2, -0.15) is 0 Å². The maximum atomic E-state index is 13.4. The lowest BCUT2D eigenvalue weighted by Crippen LogP contribution is -2.53. The van der Waals surface area contributed by atoms with Gasteiger partial charge in [0.1, 0.15) is 19.2 Å². The predicted octanol–water partition coefficient (Wildman–Crippen LogP) is 2.57. The van der Waals surface area contributed by atoms with Crippen molar-refractivity contribution in [1.29, 1.82) is 0 Å². The monoisotopic (exact) mass is 437 g/mol. The first-order valence-electron chi connectivity index (χ1n) is 11.0. The second-order valence-corrected chi connectivity index (χ2v) is 8.54. The van der Waals surface area contributed by atoms with E-state index < -0.39 is 18.1 Å². The molecule has 1 aliphatic heterocycles. The van der Waals surface area contributed by atoms with Crippen LogP contribution in [0.25, 0.3) is 0 Å². The lowest BCUT2D eigenvalue weighted by Gasteiger charge is -2.26. The number of ether oxygens (including phenoxy) is 1. The highest BCUT2D eigenvalue weighted by Crippen LogP contribution is 2.27. The molecule has 3 rings (SSSR count). The molecule has 0 radical (unpaired) electrons. The van der Waals surface area contributed by atoms with Gasteiger partial charge in [0.15, 0.2) is 0 Å². The largest absolute Gasteiger partial charge is 0.459 e. The van der Waals surface area contributed by atoms with Crippen LogP contribution in [-0.4, -0.2) is 36.4 Å². The van der Waals surface area contributed by atoms with Crippen LogP contribution < -0.4 is 16.0 Å². The second kappa shape index (κ2) is 10.9. The van der Waals surface area contributed by atoms with Crippen LogP contribution in [0.1, 0.15) is 37.8 Å². The zero-order chi connectivity index (χ0) is 23.1. The normalized spacial score (nSPS) is 16.8. The molecule has 2 amide bonds. The van der Waals surface area contributed by atoms with Gasteiger partial charge in [0.2, 0.25) is 11.8 Å². The van der Waals surface area contributed by atoms with Gasteiger partial charge < -0.3 is 15.8 Å². The van der Waals surface area contributed by atoms with Gasteiger partial charge in [-0.25, -0.2) is 0 Å². The van der Waals surface area contributed by atoms with Crippen molar-refractivity contribution in [1.82, 2.24) is 5.32 Å². The van der Waals surface area contributed by atoms with Gasteiger partial charge in [-0.15, -0.1) is 0 Å². The summed E-state index contributed by atoms with van der Waals surface area (Å²) in [5, 5.41) is 2.80. The number of nitrogens with two attached hydrogens (primary N) is 1. The number of carbonyl (C=O) groups is 3. The molecule has 0 fully saturated rings. The molecular weight excluding hydrogens is 406 g/mol. The predicted molar refractivity (Wildman–Crippen MR) is 123 cm³/mol. The molecule has 2 atom stereocenters. The average molecular weight is 438 g/mol. The van der Waals surface area contributed by atoms with E-state index in [1.807, 2.05) is 68.4 Å². The van der Waals surface area contributed by atoms with Crippen LogP contribution in [0.3, 0.4) is 0 Å². The summed E-state index contributed by atoms with van der Waals surface area (Å²) in [6.07, 6.45) is 1.57. The third-order valence-electron chi connectivity index (χ3n) is 5.46. The lowest BCUT2D eigenvalue weighted by atomic mass is 10.0. The van der Waals surface area contributed by atoms with Crippen molar-refractivity contribution >= 4 is 23.5 Å². The van der Waals surface area contributed by atoms with Crippen LogP contribution >= 0.6 is 0 Å². The molecule has 32 heavy (non-hydrogen) atoms. The van der Waals surface area contributed by atoms with Crippen LogP contribution in [0.4, 0.5) is 5.69 Å². The van der Waals surface area contributed by atoms with Crippen LogP contribution in [0, 0.1) is 5.92 Å². The molecule has 0 aliphatic carbocycles. The fourth-order valence-corrected chi connectivity index (χ4v) is 3.82. The minimum atomic E-state index is -0.755. The van der Waals surface area contributed by atoms with Gasteiger partial charge >= 0.3 is 5.97 Å². The zero-order valence-electron chi connectivity index (χ0n) is 18.6. The van der Waals surface area contributed by atoms with Crippen LogP contribution in [-0.2, 0) is 32.1 Å². The molecule has 0 spiro atoms. The number of carbonyl (C=O) groups excluding carboxylic acids is 3. The molecular formula is C25H31N3O4. The number of hydrogen-bond donors (Lipinski definition) is 2. The quantitative estimate of drug-likeness (QED) is 0.618. The summed E-state index contributed by atoms with van der Waals surface area (Å²) >= 11 is 0. The fourth-order valence-electron chi connectivity index (χ4n) is 3.82. The number of anilines is 1. The highest BCUT2D eigenvalue weighted by atomic mass is 16.5. The van der Waals surface area contributed by atoms with E-state index in [1.54, 1.807) is 0 Å². The first-order chi connectivity index (χ1) is 15.3.